The second-order valence-electron chi connectivity index (χ2n) is 14.5. The van der Waals surface area contributed by atoms with E-state index in [4.69, 9.17) is 9.17 Å². The molecule has 6 rings (SSSR count). The molecule has 0 saturated carbocycles. The van der Waals surface area contributed by atoms with E-state index in [0.717, 1.165) is 50.4 Å². The van der Waals surface area contributed by atoms with Crippen molar-refractivity contribution in [2.75, 3.05) is 6.26 Å². The molecule has 0 spiro atoms. The van der Waals surface area contributed by atoms with E-state index in [1.165, 1.54) is 10.9 Å². The van der Waals surface area contributed by atoms with Gasteiger partial charge in [0, 0.05) is 16.7 Å². The van der Waals surface area contributed by atoms with Gasteiger partial charge in [0.15, 0.2) is 5.75 Å². The van der Waals surface area contributed by atoms with Crippen molar-refractivity contribution in [2.24, 2.45) is 10.8 Å². The lowest BCUT2D eigenvalue weighted by Crippen LogP contribution is -2.12. The van der Waals surface area contributed by atoms with Crippen molar-refractivity contribution in [3.8, 4) is 17.0 Å². The van der Waals surface area contributed by atoms with E-state index in [-0.39, 0.29) is 21.5 Å². The van der Waals surface area contributed by atoms with Gasteiger partial charge in [0.25, 0.3) is 0 Å². The summed E-state index contributed by atoms with van der Waals surface area (Å²) in [6.45, 7) is 13.4. The highest BCUT2D eigenvalue weighted by Crippen LogP contribution is 2.46. The van der Waals surface area contributed by atoms with Gasteiger partial charge in [-0.2, -0.15) is 8.42 Å². The zero-order valence-electron chi connectivity index (χ0n) is 27.6. The Morgan fingerprint density at radius 3 is 2.09 bits per heavy atom. The summed E-state index contributed by atoms with van der Waals surface area (Å²) < 4.78 is 33.8. The number of aromatic nitrogens is 1. The quantitative estimate of drug-likeness (QED) is 0.0980. The van der Waals surface area contributed by atoms with Gasteiger partial charge >= 0.3 is 10.1 Å². The average Bonchev–Trinajstić information content (AvgIpc) is 3.00. The molecular weight excluding hydrogens is 607 g/mol. The average molecular weight is 648 g/mol. The highest BCUT2D eigenvalue weighted by molar-refractivity contribution is 7.98. The van der Waals surface area contributed by atoms with Crippen molar-refractivity contribution < 1.29 is 12.6 Å². The van der Waals surface area contributed by atoms with Crippen LogP contribution in [0.25, 0.3) is 43.6 Å². The van der Waals surface area contributed by atoms with Gasteiger partial charge in [-0.05, 0) is 98.3 Å². The third-order valence-corrected chi connectivity index (χ3v) is 10.3. The molecule has 0 aliphatic rings. The predicted octanol–water partition coefficient (Wildman–Crippen LogP) is 10.9. The van der Waals surface area contributed by atoms with Gasteiger partial charge in [0.1, 0.15) is 4.90 Å². The number of fused-ring (bicyclic) bond motifs is 4. The smallest absolute Gasteiger partial charge is 0.339 e. The molecule has 0 amide bonds. The Morgan fingerprint density at radius 1 is 0.717 bits per heavy atom. The molecular formula is C40H41NO3S2. The molecule has 0 unspecified atom stereocenters. The predicted molar refractivity (Wildman–Crippen MR) is 195 cm³/mol. The van der Waals surface area contributed by atoms with Crippen LogP contribution < -0.4 is 4.18 Å². The second kappa shape index (κ2) is 12.1. The number of pyridine rings is 1. The fraction of sp³-hybridized carbons (Fsp3) is 0.275. The Hall–Kier alpha value is -3.87. The molecule has 0 bridgehead atoms. The largest absolute Gasteiger partial charge is 0.378 e. The minimum absolute atomic E-state index is 0.0333. The van der Waals surface area contributed by atoms with Crippen LogP contribution in [0.15, 0.2) is 107 Å². The standard InChI is InChI=1S/C40H41NO3S2/c1-39(2,3)24-27-15-13-19-30-31-20-21-41-37(36(31)35(23-32(27)30)44-46(42,43)28-16-9-8-10-17-28)33-22-26-14-11-12-18-29(26)34(38(33)45-7)25-40(4,5)6/h8-23H,24-25H2,1-7H3. The first-order valence-electron chi connectivity index (χ1n) is 15.7. The first-order valence-corrected chi connectivity index (χ1v) is 18.3. The Labute approximate surface area is 277 Å². The van der Waals surface area contributed by atoms with E-state index < -0.39 is 10.1 Å². The number of hydrogen-bond acceptors (Lipinski definition) is 5. The number of benzene rings is 5. The SMILES string of the molecule is CSc1c(-c2nccc3c2c(OS(=O)(=O)c2ccccc2)cc2c(CC(C)(C)C)cccc23)cc2ccccc2c1CC(C)(C)C. The van der Waals surface area contributed by atoms with E-state index in [0.29, 0.717) is 11.1 Å². The van der Waals surface area contributed by atoms with Gasteiger partial charge in [-0.1, -0.05) is 102 Å². The Balaban J connectivity index is 1.72. The Morgan fingerprint density at radius 2 is 1.39 bits per heavy atom. The monoisotopic (exact) mass is 647 g/mol. The summed E-state index contributed by atoms with van der Waals surface area (Å²) in [6, 6.07) is 29.3. The molecule has 0 radical (unpaired) electrons. The van der Waals surface area contributed by atoms with E-state index in [2.05, 4.69) is 96.3 Å². The van der Waals surface area contributed by atoms with Crippen LogP contribution >= 0.6 is 11.8 Å². The minimum Gasteiger partial charge on any atom is -0.378 e. The number of rotatable bonds is 7. The summed E-state index contributed by atoms with van der Waals surface area (Å²) in [7, 11) is -4.14. The molecule has 4 nitrogen and oxygen atoms in total. The maximum atomic E-state index is 13.8. The van der Waals surface area contributed by atoms with Crippen molar-refractivity contribution in [1.29, 1.82) is 0 Å². The molecule has 1 aromatic heterocycles. The normalized spacial score (nSPS) is 12.7. The van der Waals surface area contributed by atoms with E-state index in [1.54, 1.807) is 42.1 Å². The summed E-state index contributed by atoms with van der Waals surface area (Å²) in [5, 5.41) is 5.99. The maximum Gasteiger partial charge on any atom is 0.339 e. The van der Waals surface area contributed by atoms with Crippen molar-refractivity contribution in [2.45, 2.75) is 64.2 Å². The van der Waals surface area contributed by atoms with Crippen molar-refractivity contribution >= 4 is 54.2 Å². The summed E-state index contributed by atoms with van der Waals surface area (Å²) in [5.74, 6) is 0.286. The van der Waals surface area contributed by atoms with Crippen LogP contribution in [0.4, 0.5) is 0 Å². The van der Waals surface area contributed by atoms with Gasteiger partial charge in [-0.15, -0.1) is 11.8 Å². The number of hydrogen-bond donors (Lipinski definition) is 0. The van der Waals surface area contributed by atoms with Crippen LogP contribution in [-0.4, -0.2) is 19.7 Å². The van der Waals surface area contributed by atoms with Gasteiger partial charge in [0.2, 0.25) is 0 Å². The summed E-state index contributed by atoms with van der Waals surface area (Å²) in [6.07, 6.45) is 5.66. The lowest BCUT2D eigenvalue weighted by Gasteiger charge is -2.24. The lowest BCUT2D eigenvalue weighted by molar-refractivity contribution is 0.410. The molecule has 6 aromatic rings. The first kappa shape index (κ1) is 32.1. The van der Waals surface area contributed by atoms with Crippen molar-refractivity contribution in [3.63, 3.8) is 0 Å². The van der Waals surface area contributed by atoms with Gasteiger partial charge in [0.05, 0.1) is 11.1 Å². The van der Waals surface area contributed by atoms with Crippen LogP contribution in [0.2, 0.25) is 0 Å². The van der Waals surface area contributed by atoms with Crippen molar-refractivity contribution in [3.05, 3.63) is 108 Å². The topological polar surface area (TPSA) is 56.3 Å². The molecule has 236 valence electrons. The fourth-order valence-electron chi connectivity index (χ4n) is 6.42. The Kier molecular flexibility index (Phi) is 8.41. The van der Waals surface area contributed by atoms with Crippen LogP contribution in [0, 0.1) is 10.8 Å². The molecule has 1 heterocycles. The molecule has 0 aliphatic carbocycles. The zero-order chi connectivity index (χ0) is 32.9. The molecule has 0 fully saturated rings. The summed E-state index contributed by atoms with van der Waals surface area (Å²) in [4.78, 5) is 6.25. The molecule has 0 atom stereocenters. The molecule has 0 saturated heterocycles. The molecule has 0 aliphatic heterocycles. The fourth-order valence-corrected chi connectivity index (χ4v) is 8.18. The number of thioether (sulfide) groups is 1. The third kappa shape index (κ3) is 6.38. The first-order chi connectivity index (χ1) is 21.8. The highest BCUT2D eigenvalue weighted by Gasteiger charge is 2.26. The lowest BCUT2D eigenvalue weighted by atomic mass is 9.84. The van der Waals surface area contributed by atoms with E-state index >= 15 is 0 Å². The molecule has 5 aromatic carbocycles. The van der Waals surface area contributed by atoms with Crippen LogP contribution in [0.1, 0.15) is 52.7 Å². The molecule has 46 heavy (non-hydrogen) atoms. The Bertz CT molecular complexity index is 2190. The van der Waals surface area contributed by atoms with Gasteiger partial charge in [-0.25, -0.2) is 0 Å². The van der Waals surface area contributed by atoms with Crippen LogP contribution in [-0.2, 0) is 23.0 Å². The van der Waals surface area contributed by atoms with Crippen LogP contribution in [0.3, 0.4) is 0 Å². The van der Waals surface area contributed by atoms with Gasteiger partial charge in [-0.3, -0.25) is 4.98 Å². The van der Waals surface area contributed by atoms with E-state index in [1.807, 2.05) is 18.3 Å². The summed E-state index contributed by atoms with van der Waals surface area (Å²) >= 11 is 1.71. The second-order valence-corrected chi connectivity index (χ2v) is 16.8. The highest BCUT2D eigenvalue weighted by atomic mass is 32.2. The van der Waals surface area contributed by atoms with Crippen molar-refractivity contribution in [1.82, 2.24) is 4.98 Å². The number of nitrogens with zero attached hydrogens (tertiary/aromatic N) is 1. The minimum atomic E-state index is -4.14. The summed E-state index contributed by atoms with van der Waals surface area (Å²) in [5.41, 5.74) is 4.20. The van der Waals surface area contributed by atoms with Crippen LogP contribution in [0.5, 0.6) is 5.75 Å². The third-order valence-electron chi connectivity index (χ3n) is 8.18. The zero-order valence-corrected chi connectivity index (χ0v) is 29.3. The molecule has 0 N–H and O–H groups in total. The van der Waals surface area contributed by atoms with E-state index in [9.17, 15) is 8.42 Å². The maximum absolute atomic E-state index is 13.8. The van der Waals surface area contributed by atoms with Gasteiger partial charge < -0.3 is 4.18 Å². The molecule has 6 heteroatoms.